The first-order valence-electron chi connectivity index (χ1n) is 8.88. The smallest absolute Gasteiger partial charge is 0.412 e. The van der Waals surface area contributed by atoms with Crippen molar-refractivity contribution in [1.29, 1.82) is 0 Å². The third kappa shape index (κ3) is 6.03. The van der Waals surface area contributed by atoms with Crippen LogP contribution in [-0.2, 0) is 4.74 Å². The van der Waals surface area contributed by atoms with Crippen molar-refractivity contribution in [1.82, 2.24) is 0 Å². The first kappa shape index (κ1) is 21.9. The van der Waals surface area contributed by atoms with E-state index in [1.54, 1.807) is 57.2 Å². The number of rotatable bonds is 6. The Hall–Kier alpha value is -3.42. The van der Waals surface area contributed by atoms with E-state index in [2.05, 4.69) is 10.6 Å². The summed E-state index contributed by atoms with van der Waals surface area (Å²) in [5, 5.41) is 5.39. The highest BCUT2D eigenvalue weighted by molar-refractivity contribution is 6.05. The molecule has 156 valence electrons. The van der Waals surface area contributed by atoms with E-state index in [0.717, 1.165) is 0 Å². The number of carbonyl (C=O) groups excluding carboxylic acids is 2. The molecule has 0 saturated heterocycles. The lowest BCUT2D eigenvalue weighted by atomic mass is 10.1. The van der Waals surface area contributed by atoms with Crippen molar-refractivity contribution in [2.75, 3.05) is 32.0 Å². The molecule has 0 aliphatic heterocycles. The van der Waals surface area contributed by atoms with E-state index in [1.165, 1.54) is 21.3 Å². The van der Waals surface area contributed by atoms with E-state index in [9.17, 15) is 9.59 Å². The molecule has 0 bridgehead atoms. The highest BCUT2D eigenvalue weighted by Crippen LogP contribution is 2.40. The predicted molar refractivity (Wildman–Crippen MR) is 110 cm³/mol. The number of amides is 2. The van der Waals surface area contributed by atoms with Crippen LogP contribution in [0.3, 0.4) is 0 Å². The van der Waals surface area contributed by atoms with Crippen molar-refractivity contribution < 1.29 is 28.5 Å². The molecule has 2 N–H and O–H groups in total. The number of benzene rings is 2. The maximum atomic E-state index is 12.7. The Kier molecular flexibility index (Phi) is 6.93. The van der Waals surface area contributed by atoms with Crippen molar-refractivity contribution in [2.45, 2.75) is 26.4 Å². The van der Waals surface area contributed by atoms with Crippen LogP contribution < -0.4 is 24.8 Å². The number of anilines is 2. The summed E-state index contributed by atoms with van der Waals surface area (Å²) in [4.78, 5) is 24.6. The fourth-order valence-electron chi connectivity index (χ4n) is 2.52. The lowest BCUT2D eigenvalue weighted by molar-refractivity contribution is 0.0635. The van der Waals surface area contributed by atoms with Crippen LogP contribution in [0.15, 0.2) is 36.4 Å². The van der Waals surface area contributed by atoms with Gasteiger partial charge in [-0.25, -0.2) is 4.79 Å². The van der Waals surface area contributed by atoms with Gasteiger partial charge in [0, 0.05) is 29.1 Å². The van der Waals surface area contributed by atoms with E-state index in [-0.39, 0.29) is 5.91 Å². The molecule has 2 rings (SSSR count). The fourth-order valence-corrected chi connectivity index (χ4v) is 2.52. The second-order valence-electron chi connectivity index (χ2n) is 7.08. The highest BCUT2D eigenvalue weighted by Gasteiger charge is 2.18. The number of hydrogen-bond acceptors (Lipinski definition) is 6. The Labute approximate surface area is 170 Å². The molecule has 2 amide bonds. The molecule has 29 heavy (non-hydrogen) atoms. The van der Waals surface area contributed by atoms with Gasteiger partial charge in [-0.1, -0.05) is 6.07 Å². The van der Waals surface area contributed by atoms with E-state index in [0.29, 0.717) is 34.2 Å². The minimum absolute atomic E-state index is 0.354. The number of hydrogen-bond donors (Lipinski definition) is 2. The van der Waals surface area contributed by atoms with Crippen LogP contribution in [0.25, 0.3) is 0 Å². The van der Waals surface area contributed by atoms with Gasteiger partial charge in [0.1, 0.15) is 5.60 Å². The molecule has 8 nitrogen and oxygen atoms in total. The zero-order valence-corrected chi connectivity index (χ0v) is 17.4. The Morgan fingerprint density at radius 1 is 0.828 bits per heavy atom. The molecule has 0 fully saturated rings. The van der Waals surface area contributed by atoms with Gasteiger partial charge in [0.25, 0.3) is 5.91 Å². The highest BCUT2D eigenvalue weighted by atomic mass is 16.6. The Morgan fingerprint density at radius 3 is 1.97 bits per heavy atom. The molecular formula is C21H26N2O6. The number of methoxy groups -OCH3 is 3. The SMILES string of the molecule is COc1cc(NC(=O)c2cccc(NC(=O)OC(C)(C)C)c2)cc(OC)c1OC. The Balaban J connectivity index is 2.18. The fraction of sp³-hybridized carbons (Fsp3) is 0.333. The van der Waals surface area contributed by atoms with Gasteiger partial charge in [-0.05, 0) is 39.0 Å². The monoisotopic (exact) mass is 402 g/mol. The largest absolute Gasteiger partial charge is 0.493 e. The lowest BCUT2D eigenvalue weighted by Crippen LogP contribution is -2.27. The zero-order valence-electron chi connectivity index (χ0n) is 17.4. The third-order valence-electron chi connectivity index (χ3n) is 3.69. The van der Waals surface area contributed by atoms with Gasteiger partial charge in [-0.2, -0.15) is 0 Å². The number of carbonyl (C=O) groups is 2. The first-order chi connectivity index (χ1) is 13.7. The van der Waals surface area contributed by atoms with Crippen LogP contribution in [0.2, 0.25) is 0 Å². The molecule has 0 radical (unpaired) electrons. The third-order valence-corrected chi connectivity index (χ3v) is 3.69. The van der Waals surface area contributed by atoms with Gasteiger partial charge in [-0.15, -0.1) is 0 Å². The first-order valence-corrected chi connectivity index (χ1v) is 8.88. The van der Waals surface area contributed by atoms with Gasteiger partial charge in [0.2, 0.25) is 5.75 Å². The van der Waals surface area contributed by atoms with Crippen LogP contribution in [0.5, 0.6) is 17.2 Å². The normalized spacial score (nSPS) is 10.7. The second kappa shape index (κ2) is 9.18. The molecule has 0 aromatic heterocycles. The average Bonchev–Trinajstić information content (AvgIpc) is 2.65. The van der Waals surface area contributed by atoms with Gasteiger partial charge in [-0.3, -0.25) is 10.1 Å². The standard InChI is InChI=1S/C21H26N2O6/c1-21(2,3)29-20(25)23-14-9-7-8-13(10-14)19(24)22-15-11-16(26-4)18(28-6)17(12-15)27-5/h7-12H,1-6H3,(H,22,24)(H,23,25). The van der Waals surface area contributed by atoms with E-state index in [4.69, 9.17) is 18.9 Å². The number of nitrogens with one attached hydrogen (secondary N) is 2. The molecule has 0 aliphatic rings. The molecule has 0 unspecified atom stereocenters. The summed E-state index contributed by atoms with van der Waals surface area (Å²) >= 11 is 0. The maximum Gasteiger partial charge on any atom is 0.412 e. The van der Waals surface area contributed by atoms with Crippen LogP contribution in [0.4, 0.5) is 16.2 Å². The summed E-state index contributed by atoms with van der Waals surface area (Å²) in [7, 11) is 4.49. The van der Waals surface area contributed by atoms with Gasteiger partial charge < -0.3 is 24.3 Å². The second-order valence-corrected chi connectivity index (χ2v) is 7.08. The summed E-state index contributed by atoms with van der Waals surface area (Å²) < 4.78 is 21.1. The minimum Gasteiger partial charge on any atom is -0.493 e. The summed E-state index contributed by atoms with van der Waals surface area (Å²) in [6, 6.07) is 9.77. The Morgan fingerprint density at radius 2 is 1.45 bits per heavy atom. The molecule has 2 aromatic carbocycles. The summed E-state index contributed by atoms with van der Waals surface area (Å²) in [6.07, 6.45) is -0.598. The van der Waals surface area contributed by atoms with Gasteiger partial charge >= 0.3 is 6.09 Å². The summed E-state index contributed by atoms with van der Waals surface area (Å²) in [5.74, 6) is 0.897. The maximum absolute atomic E-state index is 12.7. The molecule has 0 aliphatic carbocycles. The topological polar surface area (TPSA) is 95.1 Å². The average molecular weight is 402 g/mol. The van der Waals surface area contributed by atoms with Crippen LogP contribution >= 0.6 is 0 Å². The zero-order chi connectivity index (χ0) is 21.6. The molecule has 0 atom stereocenters. The van der Waals surface area contributed by atoms with Crippen molar-refractivity contribution in [3.8, 4) is 17.2 Å². The van der Waals surface area contributed by atoms with Crippen molar-refractivity contribution in [3.63, 3.8) is 0 Å². The predicted octanol–water partition coefficient (Wildman–Crippen LogP) is 4.31. The van der Waals surface area contributed by atoms with Crippen LogP contribution in [0, 0.1) is 0 Å². The summed E-state index contributed by atoms with van der Waals surface area (Å²) in [5.41, 5.74) is 0.644. The van der Waals surface area contributed by atoms with E-state index in [1.807, 2.05) is 0 Å². The molecule has 0 saturated carbocycles. The molecule has 0 heterocycles. The van der Waals surface area contributed by atoms with Gasteiger partial charge in [0.15, 0.2) is 11.5 Å². The van der Waals surface area contributed by atoms with E-state index < -0.39 is 11.7 Å². The quantitative estimate of drug-likeness (QED) is 0.748. The van der Waals surface area contributed by atoms with Crippen molar-refractivity contribution in [2.24, 2.45) is 0 Å². The van der Waals surface area contributed by atoms with Crippen LogP contribution in [-0.4, -0.2) is 38.9 Å². The molecule has 0 spiro atoms. The van der Waals surface area contributed by atoms with Crippen LogP contribution in [0.1, 0.15) is 31.1 Å². The van der Waals surface area contributed by atoms with E-state index >= 15 is 0 Å². The van der Waals surface area contributed by atoms with Crippen molar-refractivity contribution >= 4 is 23.4 Å². The van der Waals surface area contributed by atoms with Crippen molar-refractivity contribution in [3.05, 3.63) is 42.0 Å². The molecule has 2 aromatic rings. The molecule has 8 heteroatoms. The minimum atomic E-state index is -0.619. The lowest BCUT2D eigenvalue weighted by Gasteiger charge is -2.19. The summed E-state index contributed by atoms with van der Waals surface area (Å²) in [6.45, 7) is 5.32. The van der Waals surface area contributed by atoms with Gasteiger partial charge in [0.05, 0.1) is 21.3 Å². The number of ether oxygens (including phenoxy) is 4. The molecular weight excluding hydrogens is 376 g/mol. The Bertz CT molecular complexity index is 864.